The maximum atomic E-state index is 12.9. The molecule has 0 saturated heterocycles. The Kier molecular flexibility index (Phi) is 3.85. The first-order valence-corrected chi connectivity index (χ1v) is 5.69. The summed E-state index contributed by atoms with van der Waals surface area (Å²) in [4.78, 5) is 0. The zero-order valence-corrected chi connectivity index (χ0v) is 10.4. The van der Waals surface area contributed by atoms with Crippen LogP contribution in [0.2, 0.25) is 0 Å². The van der Waals surface area contributed by atoms with Gasteiger partial charge < -0.3 is 15.8 Å². The quantitative estimate of drug-likeness (QED) is 0.822. The van der Waals surface area contributed by atoms with Crippen LogP contribution in [0.3, 0.4) is 0 Å². The van der Waals surface area contributed by atoms with E-state index < -0.39 is 6.43 Å². The molecule has 0 aliphatic heterocycles. The first-order valence-electron chi connectivity index (χ1n) is 5.69. The van der Waals surface area contributed by atoms with Crippen LogP contribution in [0.5, 0.6) is 5.75 Å². The van der Waals surface area contributed by atoms with Crippen molar-refractivity contribution in [1.29, 1.82) is 0 Å². The van der Waals surface area contributed by atoms with Gasteiger partial charge in [-0.05, 0) is 30.3 Å². The van der Waals surface area contributed by atoms with Crippen molar-refractivity contribution in [2.75, 3.05) is 18.2 Å². The first-order chi connectivity index (χ1) is 9.10. The van der Waals surface area contributed by atoms with Crippen LogP contribution in [0.15, 0.2) is 42.5 Å². The number of hydrogen-bond acceptors (Lipinski definition) is 3. The Morgan fingerprint density at radius 1 is 1.16 bits per heavy atom. The van der Waals surface area contributed by atoms with Gasteiger partial charge in [0.15, 0.2) is 0 Å². The van der Waals surface area contributed by atoms with Crippen LogP contribution < -0.4 is 15.8 Å². The van der Waals surface area contributed by atoms with Crippen molar-refractivity contribution >= 4 is 17.1 Å². The van der Waals surface area contributed by atoms with Crippen LogP contribution in [0.4, 0.5) is 25.8 Å². The molecule has 0 atom stereocenters. The normalized spacial score (nSPS) is 10.5. The fraction of sp³-hybridized carbons (Fsp3) is 0.143. The van der Waals surface area contributed by atoms with Gasteiger partial charge in [-0.3, -0.25) is 0 Å². The van der Waals surface area contributed by atoms with E-state index in [2.05, 4.69) is 5.32 Å². The third kappa shape index (κ3) is 3.13. The van der Waals surface area contributed by atoms with Crippen molar-refractivity contribution in [3.63, 3.8) is 0 Å². The zero-order chi connectivity index (χ0) is 13.8. The molecule has 0 saturated carbocycles. The Labute approximate surface area is 110 Å². The molecule has 3 N–H and O–H groups in total. The number of benzene rings is 2. The number of methoxy groups -OCH3 is 1. The second-order valence-corrected chi connectivity index (χ2v) is 4.00. The monoisotopic (exact) mass is 264 g/mol. The summed E-state index contributed by atoms with van der Waals surface area (Å²) in [5, 5.41) is 2.94. The standard InChI is InChI=1S/C14H14F2N2O/c1-19-11-4-2-3-10(8-11)18-13-6-5-9(17)7-12(13)14(15)16/h2-8,14,18H,17H2,1H3. The van der Waals surface area contributed by atoms with Crippen LogP contribution >= 0.6 is 0 Å². The van der Waals surface area contributed by atoms with Gasteiger partial charge in [0.25, 0.3) is 6.43 Å². The number of nitrogen functional groups attached to an aromatic ring is 1. The van der Waals surface area contributed by atoms with Gasteiger partial charge in [0.1, 0.15) is 5.75 Å². The van der Waals surface area contributed by atoms with E-state index in [0.717, 1.165) is 0 Å². The molecule has 2 rings (SSSR count). The molecule has 2 aromatic rings. The molecule has 0 unspecified atom stereocenters. The SMILES string of the molecule is COc1cccc(Nc2ccc(N)cc2C(F)F)c1. The van der Waals surface area contributed by atoms with Crippen molar-refractivity contribution in [2.24, 2.45) is 0 Å². The Bertz CT molecular complexity index is 573. The minimum Gasteiger partial charge on any atom is -0.497 e. The van der Waals surface area contributed by atoms with Crippen molar-refractivity contribution in [2.45, 2.75) is 6.43 Å². The highest BCUT2D eigenvalue weighted by atomic mass is 19.3. The van der Waals surface area contributed by atoms with Crippen molar-refractivity contribution in [1.82, 2.24) is 0 Å². The predicted octanol–water partition coefficient (Wildman–Crippen LogP) is 3.96. The Morgan fingerprint density at radius 2 is 1.95 bits per heavy atom. The van der Waals surface area contributed by atoms with Crippen molar-refractivity contribution in [3.8, 4) is 5.75 Å². The number of alkyl halides is 2. The third-order valence-electron chi connectivity index (χ3n) is 2.66. The number of nitrogens with one attached hydrogen (secondary N) is 1. The number of nitrogens with two attached hydrogens (primary N) is 1. The summed E-state index contributed by atoms with van der Waals surface area (Å²) < 4.78 is 31.0. The molecule has 100 valence electrons. The number of hydrogen-bond donors (Lipinski definition) is 2. The lowest BCUT2D eigenvalue weighted by Gasteiger charge is -2.13. The largest absolute Gasteiger partial charge is 0.497 e. The molecular weight excluding hydrogens is 250 g/mol. The lowest BCUT2D eigenvalue weighted by molar-refractivity contribution is 0.152. The zero-order valence-electron chi connectivity index (χ0n) is 10.4. The van der Waals surface area contributed by atoms with Crippen molar-refractivity contribution < 1.29 is 13.5 Å². The summed E-state index contributed by atoms with van der Waals surface area (Å²) in [6.07, 6.45) is -2.59. The summed E-state index contributed by atoms with van der Waals surface area (Å²) in [5.41, 5.74) is 6.72. The van der Waals surface area contributed by atoms with Gasteiger partial charge in [-0.2, -0.15) is 0 Å². The maximum Gasteiger partial charge on any atom is 0.265 e. The molecule has 0 heterocycles. The molecule has 0 aromatic heterocycles. The fourth-order valence-electron chi connectivity index (χ4n) is 1.73. The van der Waals surface area contributed by atoms with Crippen molar-refractivity contribution in [3.05, 3.63) is 48.0 Å². The second-order valence-electron chi connectivity index (χ2n) is 4.00. The third-order valence-corrected chi connectivity index (χ3v) is 2.66. The molecule has 2 aromatic carbocycles. The van der Waals surface area contributed by atoms with Gasteiger partial charge in [-0.1, -0.05) is 6.07 Å². The summed E-state index contributed by atoms with van der Waals surface area (Å²) in [6, 6.07) is 11.4. The highest BCUT2D eigenvalue weighted by molar-refractivity contribution is 5.67. The van der Waals surface area contributed by atoms with Gasteiger partial charge in [-0.15, -0.1) is 0 Å². The molecule has 0 radical (unpaired) electrons. The minimum absolute atomic E-state index is 0.122. The summed E-state index contributed by atoms with van der Waals surface area (Å²) in [7, 11) is 1.55. The number of ether oxygens (including phenoxy) is 1. The molecule has 5 heteroatoms. The maximum absolute atomic E-state index is 12.9. The molecule has 0 aliphatic carbocycles. The molecule has 3 nitrogen and oxygen atoms in total. The molecule has 19 heavy (non-hydrogen) atoms. The minimum atomic E-state index is -2.59. The van der Waals surface area contributed by atoms with Gasteiger partial charge in [0, 0.05) is 28.7 Å². The Morgan fingerprint density at radius 3 is 2.63 bits per heavy atom. The first kappa shape index (κ1) is 13.1. The fourth-order valence-corrected chi connectivity index (χ4v) is 1.73. The van der Waals surface area contributed by atoms with E-state index in [4.69, 9.17) is 10.5 Å². The van der Waals surface area contributed by atoms with E-state index in [0.29, 0.717) is 22.8 Å². The summed E-state index contributed by atoms with van der Waals surface area (Å²) in [5.74, 6) is 0.652. The topological polar surface area (TPSA) is 47.3 Å². The summed E-state index contributed by atoms with van der Waals surface area (Å²) >= 11 is 0. The van der Waals surface area contributed by atoms with Gasteiger partial charge >= 0.3 is 0 Å². The molecule has 0 aliphatic rings. The van der Waals surface area contributed by atoms with Gasteiger partial charge in [-0.25, -0.2) is 8.78 Å². The second kappa shape index (κ2) is 5.56. The van der Waals surface area contributed by atoms with E-state index in [1.165, 1.54) is 12.1 Å². The van der Waals surface area contributed by atoms with E-state index in [1.807, 2.05) is 0 Å². The highest BCUT2D eigenvalue weighted by Crippen LogP contribution is 2.31. The van der Waals surface area contributed by atoms with Crippen LogP contribution in [0.1, 0.15) is 12.0 Å². The number of rotatable bonds is 4. The number of anilines is 3. The van der Waals surface area contributed by atoms with Crippen LogP contribution in [0.25, 0.3) is 0 Å². The molecule has 0 bridgehead atoms. The van der Waals surface area contributed by atoms with E-state index >= 15 is 0 Å². The Hall–Kier alpha value is -2.30. The average molecular weight is 264 g/mol. The smallest absolute Gasteiger partial charge is 0.265 e. The molecule has 0 fully saturated rings. The average Bonchev–Trinajstić information content (AvgIpc) is 2.41. The molecular formula is C14H14F2N2O. The lowest BCUT2D eigenvalue weighted by atomic mass is 10.1. The molecule has 0 amide bonds. The molecule has 0 spiro atoms. The highest BCUT2D eigenvalue weighted by Gasteiger charge is 2.13. The van der Waals surface area contributed by atoms with Crippen LogP contribution in [-0.4, -0.2) is 7.11 Å². The van der Waals surface area contributed by atoms with Crippen LogP contribution in [0, 0.1) is 0 Å². The lowest BCUT2D eigenvalue weighted by Crippen LogP contribution is -1.98. The van der Waals surface area contributed by atoms with E-state index in [9.17, 15) is 8.78 Å². The predicted molar refractivity (Wildman–Crippen MR) is 72.1 cm³/mol. The van der Waals surface area contributed by atoms with Crippen LogP contribution in [-0.2, 0) is 0 Å². The van der Waals surface area contributed by atoms with E-state index in [1.54, 1.807) is 37.4 Å². The van der Waals surface area contributed by atoms with Gasteiger partial charge in [0.05, 0.1) is 7.11 Å². The van der Waals surface area contributed by atoms with Gasteiger partial charge in [0.2, 0.25) is 0 Å². The Balaban J connectivity index is 2.32. The number of halogens is 2. The summed E-state index contributed by atoms with van der Waals surface area (Å²) in [6.45, 7) is 0. The van der Waals surface area contributed by atoms with E-state index in [-0.39, 0.29) is 5.56 Å².